The van der Waals surface area contributed by atoms with Gasteiger partial charge in [-0.3, -0.25) is 0 Å². The third-order valence-electron chi connectivity index (χ3n) is 4.29. The summed E-state index contributed by atoms with van der Waals surface area (Å²) < 4.78 is 0. The topological polar surface area (TPSA) is 20.2 Å². The Kier molecular flexibility index (Phi) is 2.59. The molecule has 1 aromatic carbocycles. The van der Waals surface area contributed by atoms with E-state index in [-0.39, 0.29) is 6.10 Å². The van der Waals surface area contributed by atoms with Crippen molar-refractivity contribution in [2.45, 2.75) is 38.7 Å². The maximum absolute atomic E-state index is 10.2. The second-order valence-electron chi connectivity index (χ2n) is 5.74. The van der Waals surface area contributed by atoms with Crippen molar-refractivity contribution in [1.29, 1.82) is 0 Å². The summed E-state index contributed by atoms with van der Waals surface area (Å²) in [6.07, 6.45) is 4.21. The van der Waals surface area contributed by atoms with Crippen LogP contribution in [0.25, 0.3) is 0 Å². The minimum atomic E-state index is -0.249. The Morgan fingerprint density at radius 1 is 1.35 bits per heavy atom. The summed E-state index contributed by atoms with van der Waals surface area (Å²) in [5, 5.41) is 10.2. The van der Waals surface area contributed by atoms with Gasteiger partial charge in [0.15, 0.2) is 0 Å². The Morgan fingerprint density at radius 2 is 2.12 bits per heavy atom. The van der Waals surface area contributed by atoms with Crippen LogP contribution in [0.1, 0.15) is 37.3 Å². The number of rotatable bonds is 2. The van der Waals surface area contributed by atoms with Gasteiger partial charge in [0.25, 0.3) is 0 Å². The van der Waals surface area contributed by atoms with Gasteiger partial charge in [0, 0.05) is 0 Å². The number of aryl methyl sites for hydroxylation is 1. The number of aliphatic hydroxyl groups is 1. The van der Waals surface area contributed by atoms with Crippen LogP contribution in [-0.2, 0) is 6.42 Å². The van der Waals surface area contributed by atoms with Gasteiger partial charge >= 0.3 is 0 Å². The number of benzene rings is 1. The van der Waals surface area contributed by atoms with Crippen LogP contribution in [0, 0.1) is 11.8 Å². The van der Waals surface area contributed by atoms with Gasteiger partial charge < -0.3 is 5.11 Å². The molecule has 2 aliphatic carbocycles. The average molecular weight is 228 g/mol. The molecule has 0 amide bonds. The molecule has 0 aliphatic heterocycles. The molecule has 1 saturated carbocycles. The lowest BCUT2D eigenvalue weighted by Gasteiger charge is -2.13. The average Bonchev–Trinajstić information content (AvgIpc) is 3.02. The van der Waals surface area contributed by atoms with Crippen molar-refractivity contribution in [2.24, 2.45) is 11.8 Å². The number of fused-ring (bicyclic) bond motifs is 3. The van der Waals surface area contributed by atoms with E-state index in [0.717, 1.165) is 5.92 Å². The van der Waals surface area contributed by atoms with Crippen LogP contribution < -0.4 is 0 Å². The monoisotopic (exact) mass is 228 g/mol. The second-order valence-corrected chi connectivity index (χ2v) is 5.74. The molecule has 1 aromatic rings. The van der Waals surface area contributed by atoms with Crippen LogP contribution in [-0.4, -0.2) is 11.2 Å². The van der Waals surface area contributed by atoms with Gasteiger partial charge in [0.05, 0.1) is 6.10 Å². The van der Waals surface area contributed by atoms with E-state index in [2.05, 4.69) is 38.1 Å². The smallest absolute Gasteiger partial charge is 0.0760 e. The van der Waals surface area contributed by atoms with Crippen molar-refractivity contribution in [1.82, 2.24) is 0 Å². The molecule has 1 fully saturated rings. The van der Waals surface area contributed by atoms with Gasteiger partial charge in [-0.15, -0.1) is 0 Å². The van der Waals surface area contributed by atoms with Crippen LogP contribution in [0.4, 0.5) is 0 Å². The molecule has 1 N–H and O–H groups in total. The molecule has 0 bridgehead atoms. The summed E-state index contributed by atoms with van der Waals surface area (Å²) in [6.45, 7) is 4.12. The van der Waals surface area contributed by atoms with Gasteiger partial charge in [-0.25, -0.2) is 0 Å². The summed E-state index contributed by atoms with van der Waals surface area (Å²) in [5.74, 6) is 1.80. The largest absolute Gasteiger partial charge is 0.389 e. The van der Waals surface area contributed by atoms with Gasteiger partial charge in [-0.05, 0) is 55.6 Å². The van der Waals surface area contributed by atoms with Gasteiger partial charge in [-0.2, -0.15) is 0 Å². The number of allylic oxidation sites excluding steroid dienone is 1. The first-order valence-electron chi connectivity index (χ1n) is 6.59. The molecule has 0 heterocycles. The SMILES string of the molecule is CC(C)=CC(O)C1C2CCc3ccccc3C21. The molecule has 90 valence electrons. The molecule has 0 spiro atoms. The second kappa shape index (κ2) is 3.99. The van der Waals surface area contributed by atoms with Crippen molar-refractivity contribution in [2.75, 3.05) is 0 Å². The first-order valence-corrected chi connectivity index (χ1v) is 6.59. The molecule has 4 unspecified atom stereocenters. The van der Waals surface area contributed by atoms with Crippen molar-refractivity contribution in [3.05, 3.63) is 47.0 Å². The first-order chi connectivity index (χ1) is 8.18. The highest BCUT2D eigenvalue weighted by Gasteiger charge is 2.55. The van der Waals surface area contributed by atoms with E-state index in [1.54, 1.807) is 0 Å². The predicted molar refractivity (Wildman–Crippen MR) is 69.9 cm³/mol. The van der Waals surface area contributed by atoms with Crippen LogP contribution >= 0.6 is 0 Å². The summed E-state index contributed by atoms with van der Waals surface area (Å²) in [7, 11) is 0. The molecular formula is C16H20O. The maximum atomic E-state index is 10.2. The Balaban J connectivity index is 1.85. The standard InChI is InChI=1S/C16H20O/c1-10(2)9-14(17)16-13-8-7-11-5-3-4-6-12(11)15(13)16/h3-6,9,13-17H,7-8H2,1-2H3. The van der Waals surface area contributed by atoms with Crippen molar-refractivity contribution < 1.29 is 5.11 Å². The molecule has 17 heavy (non-hydrogen) atoms. The minimum Gasteiger partial charge on any atom is -0.389 e. The number of hydrogen-bond acceptors (Lipinski definition) is 1. The summed E-state index contributed by atoms with van der Waals surface area (Å²) in [4.78, 5) is 0. The van der Waals surface area contributed by atoms with E-state index in [9.17, 15) is 5.11 Å². The van der Waals surface area contributed by atoms with E-state index < -0.39 is 0 Å². The lowest BCUT2D eigenvalue weighted by atomic mass is 9.92. The van der Waals surface area contributed by atoms with Crippen LogP contribution in [0.5, 0.6) is 0 Å². The van der Waals surface area contributed by atoms with Gasteiger partial charge in [0.2, 0.25) is 0 Å². The number of aliphatic hydroxyl groups excluding tert-OH is 1. The molecule has 0 radical (unpaired) electrons. The highest BCUT2D eigenvalue weighted by molar-refractivity contribution is 5.40. The Hall–Kier alpha value is -1.08. The minimum absolute atomic E-state index is 0.249. The van der Waals surface area contributed by atoms with Gasteiger partial charge in [-0.1, -0.05) is 35.9 Å². The zero-order valence-electron chi connectivity index (χ0n) is 10.6. The zero-order chi connectivity index (χ0) is 12.0. The molecule has 0 aromatic heterocycles. The maximum Gasteiger partial charge on any atom is 0.0760 e. The van der Waals surface area contributed by atoms with Crippen LogP contribution in [0.2, 0.25) is 0 Å². The normalized spacial score (nSPS) is 31.1. The number of hydrogen-bond donors (Lipinski definition) is 1. The fraction of sp³-hybridized carbons (Fsp3) is 0.500. The zero-order valence-corrected chi connectivity index (χ0v) is 10.6. The third kappa shape index (κ3) is 1.83. The fourth-order valence-electron chi connectivity index (χ4n) is 3.54. The molecule has 2 aliphatic rings. The third-order valence-corrected chi connectivity index (χ3v) is 4.29. The molecule has 1 heteroatoms. The summed E-state index contributed by atoms with van der Waals surface area (Å²) in [5.41, 5.74) is 4.21. The molecule has 3 rings (SSSR count). The summed E-state index contributed by atoms with van der Waals surface area (Å²) >= 11 is 0. The summed E-state index contributed by atoms with van der Waals surface area (Å²) in [6, 6.07) is 8.75. The van der Waals surface area contributed by atoms with E-state index in [4.69, 9.17) is 0 Å². The van der Waals surface area contributed by atoms with E-state index >= 15 is 0 Å². The first kappa shape index (κ1) is 11.0. The lowest BCUT2D eigenvalue weighted by molar-refractivity contribution is 0.189. The lowest BCUT2D eigenvalue weighted by Crippen LogP contribution is -2.07. The Labute approximate surface area is 103 Å². The quantitative estimate of drug-likeness (QED) is 0.770. The Morgan fingerprint density at radius 3 is 2.88 bits per heavy atom. The van der Waals surface area contributed by atoms with E-state index in [1.165, 1.54) is 29.5 Å². The van der Waals surface area contributed by atoms with E-state index in [0.29, 0.717) is 11.8 Å². The van der Waals surface area contributed by atoms with Crippen molar-refractivity contribution in [3.63, 3.8) is 0 Å². The predicted octanol–water partition coefficient (Wildman–Crippen LogP) is 3.29. The molecule has 0 saturated heterocycles. The van der Waals surface area contributed by atoms with Crippen LogP contribution in [0.3, 0.4) is 0 Å². The fourth-order valence-corrected chi connectivity index (χ4v) is 3.54. The highest BCUT2D eigenvalue weighted by Crippen LogP contribution is 2.61. The van der Waals surface area contributed by atoms with Crippen molar-refractivity contribution >= 4 is 0 Å². The highest BCUT2D eigenvalue weighted by atomic mass is 16.3. The molecule has 1 nitrogen and oxygen atoms in total. The van der Waals surface area contributed by atoms with Crippen LogP contribution in [0.15, 0.2) is 35.9 Å². The molecular weight excluding hydrogens is 208 g/mol. The Bertz CT molecular complexity index is 456. The van der Waals surface area contributed by atoms with E-state index in [1.807, 2.05) is 6.08 Å². The van der Waals surface area contributed by atoms with Crippen molar-refractivity contribution in [3.8, 4) is 0 Å². The molecule has 4 atom stereocenters. The van der Waals surface area contributed by atoms with Gasteiger partial charge in [0.1, 0.15) is 0 Å².